The average Bonchev–Trinajstić information content (AvgIpc) is 2.91. The van der Waals surface area contributed by atoms with Gasteiger partial charge in [0, 0.05) is 0 Å². The Kier molecular flexibility index (Phi) is 3.66. The molecule has 0 bridgehead atoms. The zero-order valence-electron chi connectivity index (χ0n) is 15.1. The second kappa shape index (κ2) is 5.36. The van der Waals surface area contributed by atoms with Gasteiger partial charge in [0.05, 0.1) is 13.0 Å². The second-order valence-electron chi connectivity index (χ2n) is 9.15. The van der Waals surface area contributed by atoms with E-state index < -0.39 is 0 Å². The molecule has 0 saturated heterocycles. The summed E-state index contributed by atoms with van der Waals surface area (Å²) in [5.41, 5.74) is 2.43. The van der Waals surface area contributed by atoms with Crippen LogP contribution in [-0.4, -0.2) is 13.1 Å². The van der Waals surface area contributed by atoms with E-state index in [-0.39, 0.29) is 17.3 Å². The van der Waals surface area contributed by atoms with E-state index in [9.17, 15) is 4.79 Å². The van der Waals surface area contributed by atoms with Crippen LogP contribution in [0.15, 0.2) is 11.6 Å². The van der Waals surface area contributed by atoms with E-state index in [1.807, 2.05) is 0 Å². The fourth-order valence-electron chi connectivity index (χ4n) is 7.28. The number of carbonyl (C=O) groups is 1. The molecule has 4 aliphatic rings. The van der Waals surface area contributed by atoms with Gasteiger partial charge in [-0.05, 0) is 86.4 Å². The van der Waals surface area contributed by atoms with Crippen LogP contribution in [-0.2, 0) is 9.53 Å². The number of rotatable bonds is 1. The standard InChI is InChI=1S/C21H32O2/c1-20-12-5-4-6-14(20)7-8-15-16-9-10-18(19(22)23-3)21(16,2)13-11-17(15)20/h6,15-18H,4-5,7-13H2,1-3H3/t15-,16-,17-,18+,20-,21-/m0/s1. The number of allylic oxidation sites excluding steroid dienone is 2. The molecular weight excluding hydrogens is 284 g/mol. The van der Waals surface area contributed by atoms with E-state index in [2.05, 4.69) is 19.9 Å². The number of carbonyl (C=O) groups excluding carboxylic acids is 1. The molecule has 0 amide bonds. The van der Waals surface area contributed by atoms with Gasteiger partial charge in [-0.2, -0.15) is 0 Å². The molecule has 0 aromatic carbocycles. The summed E-state index contributed by atoms with van der Waals surface area (Å²) in [7, 11) is 1.56. The molecule has 0 N–H and O–H groups in total. The van der Waals surface area contributed by atoms with Gasteiger partial charge in [-0.15, -0.1) is 0 Å². The van der Waals surface area contributed by atoms with Crippen LogP contribution in [0.4, 0.5) is 0 Å². The van der Waals surface area contributed by atoms with E-state index in [0.717, 1.165) is 24.2 Å². The second-order valence-corrected chi connectivity index (χ2v) is 9.15. The van der Waals surface area contributed by atoms with Crippen molar-refractivity contribution >= 4 is 5.97 Å². The summed E-state index contributed by atoms with van der Waals surface area (Å²) >= 11 is 0. The third-order valence-electron chi connectivity index (χ3n) is 8.51. The van der Waals surface area contributed by atoms with Crippen LogP contribution in [0.3, 0.4) is 0 Å². The predicted molar refractivity (Wildman–Crippen MR) is 91.8 cm³/mol. The highest BCUT2D eigenvalue weighted by atomic mass is 16.5. The minimum atomic E-state index is 0.0497. The van der Waals surface area contributed by atoms with Crippen LogP contribution in [0.2, 0.25) is 0 Å². The van der Waals surface area contributed by atoms with E-state index in [4.69, 9.17) is 4.74 Å². The first-order valence-electron chi connectivity index (χ1n) is 9.78. The molecule has 0 heterocycles. The predicted octanol–water partition coefficient (Wildman–Crippen LogP) is 5.13. The average molecular weight is 316 g/mol. The van der Waals surface area contributed by atoms with Crippen molar-refractivity contribution in [3.63, 3.8) is 0 Å². The lowest BCUT2D eigenvalue weighted by Crippen LogP contribution is -2.50. The third kappa shape index (κ3) is 2.09. The molecule has 2 nitrogen and oxygen atoms in total. The van der Waals surface area contributed by atoms with Gasteiger partial charge in [-0.3, -0.25) is 4.79 Å². The molecule has 128 valence electrons. The van der Waals surface area contributed by atoms with E-state index in [1.165, 1.54) is 51.4 Å². The van der Waals surface area contributed by atoms with E-state index in [1.54, 1.807) is 12.7 Å². The van der Waals surface area contributed by atoms with Crippen molar-refractivity contribution in [1.82, 2.24) is 0 Å². The first-order chi connectivity index (χ1) is 11.0. The van der Waals surface area contributed by atoms with Crippen molar-refractivity contribution in [1.29, 1.82) is 0 Å². The molecule has 3 saturated carbocycles. The topological polar surface area (TPSA) is 26.3 Å². The maximum atomic E-state index is 12.3. The zero-order chi connectivity index (χ0) is 16.2. The van der Waals surface area contributed by atoms with Gasteiger partial charge in [0.15, 0.2) is 0 Å². The molecule has 3 fully saturated rings. The number of esters is 1. The van der Waals surface area contributed by atoms with Crippen LogP contribution in [0.1, 0.15) is 71.6 Å². The van der Waals surface area contributed by atoms with Crippen molar-refractivity contribution in [2.24, 2.45) is 34.5 Å². The quantitative estimate of drug-likeness (QED) is 0.495. The van der Waals surface area contributed by atoms with Gasteiger partial charge in [0.25, 0.3) is 0 Å². The Morgan fingerprint density at radius 3 is 2.74 bits per heavy atom. The normalized spacial score (nSPS) is 48.7. The van der Waals surface area contributed by atoms with Gasteiger partial charge >= 0.3 is 5.97 Å². The summed E-state index contributed by atoms with van der Waals surface area (Å²) in [5, 5.41) is 0. The number of hydrogen-bond donors (Lipinski definition) is 0. The third-order valence-corrected chi connectivity index (χ3v) is 8.51. The van der Waals surface area contributed by atoms with Crippen LogP contribution in [0, 0.1) is 34.5 Å². The Labute approximate surface area is 141 Å². The first-order valence-corrected chi connectivity index (χ1v) is 9.78. The molecule has 0 spiro atoms. The molecule has 0 aromatic rings. The molecule has 23 heavy (non-hydrogen) atoms. The largest absolute Gasteiger partial charge is 0.469 e. The van der Waals surface area contributed by atoms with Crippen molar-refractivity contribution in [2.75, 3.05) is 7.11 Å². The summed E-state index contributed by atoms with van der Waals surface area (Å²) < 4.78 is 5.14. The molecule has 0 aromatic heterocycles. The lowest BCUT2D eigenvalue weighted by Gasteiger charge is -2.58. The fraction of sp³-hybridized carbons (Fsp3) is 0.857. The molecular formula is C21H32O2. The lowest BCUT2D eigenvalue weighted by molar-refractivity contribution is -0.152. The van der Waals surface area contributed by atoms with Gasteiger partial charge in [0.2, 0.25) is 0 Å². The summed E-state index contributed by atoms with van der Waals surface area (Å²) in [6, 6.07) is 0. The number of hydrogen-bond acceptors (Lipinski definition) is 2. The Bertz CT molecular complexity index is 536. The van der Waals surface area contributed by atoms with Gasteiger partial charge < -0.3 is 4.74 Å². The Hall–Kier alpha value is -0.790. The maximum Gasteiger partial charge on any atom is 0.309 e. The Balaban J connectivity index is 1.64. The monoisotopic (exact) mass is 316 g/mol. The zero-order valence-corrected chi connectivity index (χ0v) is 15.1. The first kappa shape index (κ1) is 15.7. The molecule has 6 atom stereocenters. The number of methoxy groups -OCH3 is 1. The summed E-state index contributed by atoms with van der Waals surface area (Å²) in [6.45, 7) is 4.96. The highest BCUT2D eigenvalue weighted by Crippen LogP contribution is 2.66. The summed E-state index contributed by atoms with van der Waals surface area (Å²) in [6.07, 6.45) is 14.1. The molecule has 0 unspecified atom stereocenters. The van der Waals surface area contributed by atoms with E-state index in [0.29, 0.717) is 5.41 Å². The Morgan fingerprint density at radius 2 is 1.96 bits per heavy atom. The van der Waals surface area contributed by atoms with Crippen LogP contribution in [0.5, 0.6) is 0 Å². The van der Waals surface area contributed by atoms with Crippen molar-refractivity contribution in [2.45, 2.75) is 71.6 Å². The summed E-state index contributed by atoms with van der Waals surface area (Å²) in [5.74, 6) is 2.63. The van der Waals surface area contributed by atoms with Crippen molar-refractivity contribution in [3.05, 3.63) is 11.6 Å². The molecule has 4 rings (SSSR count). The molecule has 0 aliphatic heterocycles. The summed E-state index contributed by atoms with van der Waals surface area (Å²) in [4.78, 5) is 12.3. The lowest BCUT2D eigenvalue weighted by atomic mass is 9.47. The highest BCUT2D eigenvalue weighted by molar-refractivity contribution is 5.73. The van der Waals surface area contributed by atoms with Crippen LogP contribution >= 0.6 is 0 Å². The number of fused-ring (bicyclic) bond motifs is 5. The van der Waals surface area contributed by atoms with E-state index >= 15 is 0 Å². The van der Waals surface area contributed by atoms with Crippen LogP contribution < -0.4 is 0 Å². The minimum absolute atomic E-state index is 0.0497. The smallest absolute Gasteiger partial charge is 0.309 e. The molecule has 2 heteroatoms. The fourth-order valence-corrected chi connectivity index (χ4v) is 7.28. The SMILES string of the molecule is COC(=O)[C@H]1CC[C@H]2[C@@H]3CCC4=CCCC[C@]4(C)[C@H]3CC[C@]12C. The molecule has 0 radical (unpaired) electrons. The van der Waals surface area contributed by atoms with Gasteiger partial charge in [0.1, 0.15) is 0 Å². The Morgan fingerprint density at radius 1 is 1.13 bits per heavy atom. The molecule has 4 aliphatic carbocycles. The van der Waals surface area contributed by atoms with Crippen molar-refractivity contribution < 1.29 is 9.53 Å². The van der Waals surface area contributed by atoms with Crippen molar-refractivity contribution in [3.8, 4) is 0 Å². The number of ether oxygens (including phenoxy) is 1. The van der Waals surface area contributed by atoms with Gasteiger partial charge in [-0.1, -0.05) is 25.5 Å². The van der Waals surface area contributed by atoms with Crippen LogP contribution in [0.25, 0.3) is 0 Å². The minimum Gasteiger partial charge on any atom is -0.469 e. The highest BCUT2D eigenvalue weighted by Gasteiger charge is 2.60. The maximum absolute atomic E-state index is 12.3. The van der Waals surface area contributed by atoms with Gasteiger partial charge in [-0.25, -0.2) is 0 Å².